The molecule has 0 aliphatic heterocycles. The summed E-state index contributed by atoms with van der Waals surface area (Å²) in [6.45, 7) is 2.04. The van der Waals surface area contributed by atoms with Crippen molar-refractivity contribution in [3.8, 4) is 0 Å². The van der Waals surface area contributed by atoms with E-state index in [1.54, 1.807) is 0 Å². The van der Waals surface area contributed by atoms with Crippen LogP contribution in [0.2, 0.25) is 5.02 Å². The molecule has 148 valence electrons. The van der Waals surface area contributed by atoms with E-state index in [9.17, 15) is 4.79 Å². The average molecular weight is 397 g/mol. The fourth-order valence-electron chi connectivity index (χ4n) is 4.82. The molecular weight excluding hydrogens is 368 g/mol. The first kappa shape index (κ1) is 19.5. The Labute approximate surface area is 172 Å². The highest BCUT2D eigenvalue weighted by molar-refractivity contribution is 6.31. The van der Waals surface area contributed by atoms with Gasteiger partial charge in [-0.1, -0.05) is 42.6 Å². The molecule has 1 saturated carbocycles. The van der Waals surface area contributed by atoms with Gasteiger partial charge in [-0.25, -0.2) is 0 Å². The van der Waals surface area contributed by atoms with Crippen LogP contribution in [0.5, 0.6) is 0 Å². The molecule has 0 radical (unpaired) electrons. The van der Waals surface area contributed by atoms with Gasteiger partial charge in [0.1, 0.15) is 0 Å². The summed E-state index contributed by atoms with van der Waals surface area (Å²) in [5, 5.41) is 7.44. The molecular formula is C24H29ClN2O. The van der Waals surface area contributed by atoms with Gasteiger partial charge >= 0.3 is 0 Å². The SMILES string of the molecule is CN[C@H]1CC[C@@H](c2ccc(C)c(Cl)c2)c2ccc(NC(=O)C3CCCC3)cc21. The highest BCUT2D eigenvalue weighted by Gasteiger charge is 2.29. The molecule has 0 aromatic heterocycles. The molecule has 0 bridgehead atoms. The van der Waals surface area contributed by atoms with Crippen molar-refractivity contribution >= 4 is 23.2 Å². The third kappa shape index (κ3) is 3.83. The van der Waals surface area contributed by atoms with Crippen LogP contribution in [0.15, 0.2) is 36.4 Å². The highest BCUT2D eigenvalue weighted by Crippen LogP contribution is 2.43. The van der Waals surface area contributed by atoms with Crippen LogP contribution in [0.3, 0.4) is 0 Å². The molecule has 4 heteroatoms. The Balaban J connectivity index is 1.63. The van der Waals surface area contributed by atoms with Crippen molar-refractivity contribution < 1.29 is 4.79 Å². The standard InChI is InChI=1S/C24H29ClN2O/c1-15-7-8-17(13-22(15)25)19-11-12-23(26-2)21-14-18(9-10-20(19)21)27-24(28)16-5-3-4-6-16/h7-10,13-14,16,19,23,26H,3-6,11-12H2,1-2H3,(H,27,28)/t19-,23-/m0/s1. The van der Waals surface area contributed by atoms with Crippen LogP contribution in [0.4, 0.5) is 5.69 Å². The van der Waals surface area contributed by atoms with E-state index in [0.717, 1.165) is 42.0 Å². The van der Waals surface area contributed by atoms with Gasteiger partial charge in [0, 0.05) is 28.6 Å². The fourth-order valence-corrected chi connectivity index (χ4v) is 5.01. The average Bonchev–Trinajstić information content (AvgIpc) is 3.24. The number of aryl methyl sites for hydroxylation is 1. The Morgan fingerprint density at radius 2 is 1.79 bits per heavy atom. The number of benzene rings is 2. The van der Waals surface area contributed by atoms with E-state index in [1.807, 2.05) is 14.0 Å². The summed E-state index contributed by atoms with van der Waals surface area (Å²) in [6.07, 6.45) is 6.54. The zero-order chi connectivity index (χ0) is 19.7. The van der Waals surface area contributed by atoms with Gasteiger partial charge in [0.05, 0.1) is 0 Å². The van der Waals surface area contributed by atoms with Gasteiger partial charge in [-0.05, 0) is 80.1 Å². The van der Waals surface area contributed by atoms with Gasteiger partial charge in [-0.3, -0.25) is 4.79 Å². The normalized spacial score (nSPS) is 22.1. The Bertz CT molecular complexity index is 873. The van der Waals surface area contributed by atoms with Crippen LogP contribution in [0.25, 0.3) is 0 Å². The number of rotatable bonds is 4. The van der Waals surface area contributed by atoms with Crippen LogP contribution in [-0.2, 0) is 4.79 Å². The fraction of sp³-hybridized carbons (Fsp3) is 0.458. The van der Waals surface area contributed by atoms with Crippen molar-refractivity contribution in [1.82, 2.24) is 5.32 Å². The Morgan fingerprint density at radius 1 is 1.00 bits per heavy atom. The molecule has 3 nitrogen and oxygen atoms in total. The first-order valence-electron chi connectivity index (χ1n) is 10.4. The quantitative estimate of drug-likeness (QED) is 0.669. The van der Waals surface area contributed by atoms with Crippen molar-refractivity contribution in [3.05, 3.63) is 63.7 Å². The smallest absolute Gasteiger partial charge is 0.227 e. The van der Waals surface area contributed by atoms with Crippen molar-refractivity contribution in [2.75, 3.05) is 12.4 Å². The van der Waals surface area contributed by atoms with Crippen LogP contribution in [0.1, 0.15) is 72.7 Å². The zero-order valence-corrected chi connectivity index (χ0v) is 17.5. The summed E-state index contributed by atoms with van der Waals surface area (Å²) in [4.78, 5) is 12.5. The first-order chi connectivity index (χ1) is 13.6. The number of carbonyl (C=O) groups excluding carboxylic acids is 1. The Hall–Kier alpha value is -1.84. The molecule has 4 rings (SSSR count). The molecule has 2 N–H and O–H groups in total. The van der Waals surface area contributed by atoms with Gasteiger partial charge < -0.3 is 10.6 Å². The van der Waals surface area contributed by atoms with Crippen LogP contribution in [0, 0.1) is 12.8 Å². The topological polar surface area (TPSA) is 41.1 Å². The molecule has 28 heavy (non-hydrogen) atoms. The van der Waals surface area contributed by atoms with Crippen LogP contribution < -0.4 is 10.6 Å². The predicted molar refractivity (Wildman–Crippen MR) is 116 cm³/mol. The second-order valence-electron chi connectivity index (χ2n) is 8.29. The number of anilines is 1. The maximum absolute atomic E-state index is 12.5. The van der Waals surface area contributed by atoms with Gasteiger partial charge in [0.15, 0.2) is 0 Å². The van der Waals surface area contributed by atoms with Gasteiger partial charge in [0.2, 0.25) is 5.91 Å². The third-order valence-electron chi connectivity index (χ3n) is 6.52. The lowest BCUT2D eigenvalue weighted by atomic mass is 9.76. The number of halogens is 1. The van der Waals surface area contributed by atoms with Crippen molar-refractivity contribution in [2.45, 2.75) is 57.4 Å². The number of carbonyl (C=O) groups is 1. The van der Waals surface area contributed by atoms with E-state index in [0.29, 0.717) is 12.0 Å². The van der Waals surface area contributed by atoms with Crippen molar-refractivity contribution in [2.24, 2.45) is 5.92 Å². The van der Waals surface area contributed by atoms with E-state index < -0.39 is 0 Å². The van der Waals surface area contributed by atoms with Crippen molar-refractivity contribution in [1.29, 1.82) is 0 Å². The van der Waals surface area contributed by atoms with E-state index in [-0.39, 0.29) is 11.8 Å². The van der Waals surface area contributed by atoms with Gasteiger partial charge in [-0.15, -0.1) is 0 Å². The van der Waals surface area contributed by atoms with E-state index in [2.05, 4.69) is 47.0 Å². The number of hydrogen-bond acceptors (Lipinski definition) is 2. The molecule has 0 unspecified atom stereocenters. The van der Waals surface area contributed by atoms with E-state index in [1.165, 1.54) is 29.5 Å². The minimum Gasteiger partial charge on any atom is -0.326 e. The van der Waals surface area contributed by atoms with E-state index >= 15 is 0 Å². The molecule has 0 heterocycles. The van der Waals surface area contributed by atoms with Crippen LogP contribution >= 0.6 is 11.6 Å². The van der Waals surface area contributed by atoms with Gasteiger partial charge in [0.25, 0.3) is 0 Å². The molecule has 2 atom stereocenters. The lowest BCUT2D eigenvalue weighted by molar-refractivity contribution is -0.119. The minimum atomic E-state index is 0.177. The van der Waals surface area contributed by atoms with Gasteiger partial charge in [-0.2, -0.15) is 0 Å². The summed E-state index contributed by atoms with van der Waals surface area (Å²) in [5.41, 5.74) is 5.93. The number of hydrogen-bond donors (Lipinski definition) is 2. The second-order valence-corrected chi connectivity index (χ2v) is 8.70. The first-order valence-corrected chi connectivity index (χ1v) is 10.8. The molecule has 1 amide bonds. The summed E-state index contributed by atoms with van der Waals surface area (Å²) in [7, 11) is 2.02. The predicted octanol–water partition coefficient (Wildman–Crippen LogP) is 5.96. The number of nitrogens with one attached hydrogen (secondary N) is 2. The minimum absolute atomic E-state index is 0.177. The lowest BCUT2D eigenvalue weighted by Crippen LogP contribution is -2.25. The third-order valence-corrected chi connectivity index (χ3v) is 6.93. The molecule has 2 aliphatic rings. The summed E-state index contributed by atoms with van der Waals surface area (Å²) < 4.78 is 0. The lowest BCUT2D eigenvalue weighted by Gasteiger charge is -2.32. The monoisotopic (exact) mass is 396 g/mol. The number of amides is 1. The molecule has 2 aromatic carbocycles. The maximum atomic E-state index is 12.5. The molecule has 0 spiro atoms. The molecule has 0 saturated heterocycles. The van der Waals surface area contributed by atoms with E-state index in [4.69, 9.17) is 11.6 Å². The molecule has 2 aromatic rings. The number of fused-ring (bicyclic) bond motifs is 1. The van der Waals surface area contributed by atoms with Crippen LogP contribution in [-0.4, -0.2) is 13.0 Å². The second kappa shape index (κ2) is 8.26. The molecule has 2 aliphatic carbocycles. The van der Waals surface area contributed by atoms with Crippen molar-refractivity contribution in [3.63, 3.8) is 0 Å². The summed E-state index contributed by atoms with van der Waals surface area (Å²) in [6, 6.07) is 13.2. The summed E-state index contributed by atoms with van der Waals surface area (Å²) in [5.74, 6) is 0.701. The Morgan fingerprint density at radius 3 is 2.50 bits per heavy atom. The maximum Gasteiger partial charge on any atom is 0.227 e. The molecule has 1 fully saturated rings. The summed E-state index contributed by atoms with van der Waals surface area (Å²) >= 11 is 6.40. The largest absolute Gasteiger partial charge is 0.326 e. The highest BCUT2D eigenvalue weighted by atomic mass is 35.5. The zero-order valence-electron chi connectivity index (χ0n) is 16.7. The Kier molecular flexibility index (Phi) is 5.75.